The van der Waals surface area contributed by atoms with Gasteiger partial charge in [-0.25, -0.2) is 8.42 Å². The smallest absolute Gasteiger partial charge is 0.264 e. The summed E-state index contributed by atoms with van der Waals surface area (Å²) in [4.78, 5) is 31.1. The normalized spacial score (nSPS) is 12.5. The van der Waals surface area contributed by atoms with E-state index >= 15 is 0 Å². The van der Waals surface area contributed by atoms with Crippen molar-refractivity contribution in [1.29, 1.82) is 0 Å². The molecule has 0 bridgehead atoms. The Morgan fingerprint density at radius 3 is 2.10 bits per heavy atom. The number of hydrogen-bond donors (Lipinski definition) is 1. The summed E-state index contributed by atoms with van der Waals surface area (Å²) in [5.74, 6) is -0.242. The fourth-order valence-corrected chi connectivity index (χ4v) is 7.15. The fraction of sp³-hybridized carbons (Fsp3) is 0.297. The van der Waals surface area contributed by atoms with Crippen LogP contribution in [0.15, 0.2) is 117 Å². The molecule has 11 heteroatoms. The van der Waals surface area contributed by atoms with Gasteiger partial charge < -0.3 is 15.0 Å². The third-order valence-corrected chi connectivity index (χ3v) is 11.0. The van der Waals surface area contributed by atoms with Crippen molar-refractivity contribution < 1.29 is 22.7 Å². The van der Waals surface area contributed by atoms with Crippen LogP contribution in [0.4, 0.5) is 5.69 Å². The van der Waals surface area contributed by atoms with Crippen LogP contribution in [0.5, 0.6) is 5.75 Å². The number of carbonyl (C=O) groups is 2. The van der Waals surface area contributed by atoms with Crippen molar-refractivity contribution in [2.75, 3.05) is 23.7 Å². The molecule has 0 radical (unpaired) electrons. The van der Waals surface area contributed by atoms with Crippen molar-refractivity contribution in [2.24, 2.45) is 0 Å². The Bertz CT molecular complexity index is 1740. The maximum absolute atomic E-state index is 14.6. The number of amides is 2. The number of sulfonamides is 1. The molecular formula is C37H42BrN3O5S2. The maximum Gasteiger partial charge on any atom is 0.264 e. The zero-order valence-corrected chi connectivity index (χ0v) is 30.9. The van der Waals surface area contributed by atoms with E-state index in [9.17, 15) is 18.0 Å². The van der Waals surface area contributed by atoms with Crippen molar-refractivity contribution in [3.63, 3.8) is 0 Å². The number of nitrogens with one attached hydrogen (secondary N) is 1. The van der Waals surface area contributed by atoms with Crippen LogP contribution in [0.2, 0.25) is 0 Å². The first-order valence-electron chi connectivity index (χ1n) is 15.8. The number of hydrogen-bond acceptors (Lipinski definition) is 6. The Balaban J connectivity index is 1.80. The summed E-state index contributed by atoms with van der Waals surface area (Å²) in [5.41, 5.74) is 1.97. The van der Waals surface area contributed by atoms with Gasteiger partial charge in [0.1, 0.15) is 18.3 Å². The molecule has 0 spiro atoms. The van der Waals surface area contributed by atoms with Gasteiger partial charge in [0.2, 0.25) is 11.8 Å². The molecule has 8 nitrogen and oxygen atoms in total. The molecule has 48 heavy (non-hydrogen) atoms. The third kappa shape index (κ3) is 9.87. The van der Waals surface area contributed by atoms with Crippen LogP contribution in [0.3, 0.4) is 0 Å². The van der Waals surface area contributed by atoms with E-state index in [2.05, 4.69) is 21.2 Å². The van der Waals surface area contributed by atoms with Gasteiger partial charge in [0.15, 0.2) is 0 Å². The number of nitrogens with zero attached hydrogens (tertiary/aromatic N) is 2. The molecule has 0 saturated heterocycles. The molecule has 0 fully saturated rings. The van der Waals surface area contributed by atoms with E-state index in [-0.39, 0.29) is 29.8 Å². The van der Waals surface area contributed by atoms with Gasteiger partial charge in [-0.15, -0.1) is 11.8 Å². The van der Waals surface area contributed by atoms with Gasteiger partial charge in [-0.2, -0.15) is 0 Å². The van der Waals surface area contributed by atoms with E-state index in [1.165, 1.54) is 16.7 Å². The maximum atomic E-state index is 14.6. The molecule has 4 aromatic carbocycles. The van der Waals surface area contributed by atoms with E-state index in [1.54, 1.807) is 48.5 Å². The number of benzene rings is 4. The fourth-order valence-electron chi connectivity index (χ4n) is 5.06. The van der Waals surface area contributed by atoms with Crippen LogP contribution in [0.1, 0.15) is 38.3 Å². The molecule has 0 aliphatic carbocycles. The molecule has 1 N–H and O–H groups in total. The standard InChI is InChI=1S/C37H42BrN3O5S2/c1-5-27(3)39-37(43)35(24-28-10-8-7-9-11-28)40(25-29-12-14-30(38)15-13-29)36(42)26-41(31-16-18-32(19-17-31)46-6-2)48(44,45)34-22-20-33(47-4)21-23-34/h7-23,27,35H,5-6,24-26H2,1-4H3,(H,39,43)/t27-,35+/m1/s1. The van der Waals surface area contributed by atoms with Gasteiger partial charge in [0, 0.05) is 28.4 Å². The highest BCUT2D eigenvalue weighted by molar-refractivity contribution is 9.10. The molecule has 0 aliphatic heterocycles. The van der Waals surface area contributed by atoms with Crippen LogP contribution in [0, 0.1) is 0 Å². The lowest BCUT2D eigenvalue weighted by molar-refractivity contribution is -0.140. The largest absolute Gasteiger partial charge is 0.494 e. The topological polar surface area (TPSA) is 96.0 Å². The van der Waals surface area contributed by atoms with E-state index in [0.717, 1.165) is 24.8 Å². The van der Waals surface area contributed by atoms with Crippen molar-refractivity contribution >= 4 is 55.2 Å². The lowest BCUT2D eigenvalue weighted by atomic mass is 10.0. The molecular weight excluding hydrogens is 710 g/mol. The van der Waals surface area contributed by atoms with Crippen LogP contribution < -0.4 is 14.4 Å². The Labute approximate surface area is 297 Å². The summed E-state index contributed by atoms with van der Waals surface area (Å²) >= 11 is 4.97. The Morgan fingerprint density at radius 2 is 1.52 bits per heavy atom. The van der Waals surface area contributed by atoms with E-state index in [1.807, 2.05) is 81.6 Å². The minimum Gasteiger partial charge on any atom is -0.494 e. The number of carbonyl (C=O) groups excluding carboxylic acids is 2. The molecule has 0 aliphatic rings. The lowest BCUT2D eigenvalue weighted by Gasteiger charge is -2.34. The number of ether oxygens (including phenoxy) is 1. The summed E-state index contributed by atoms with van der Waals surface area (Å²) in [7, 11) is -4.21. The number of halogens is 1. The molecule has 0 heterocycles. The molecule has 0 unspecified atom stereocenters. The minimum atomic E-state index is -4.21. The predicted molar refractivity (Wildman–Crippen MR) is 197 cm³/mol. The highest BCUT2D eigenvalue weighted by Gasteiger charge is 2.35. The second kappa shape index (κ2) is 17.6. The predicted octanol–water partition coefficient (Wildman–Crippen LogP) is 7.32. The highest BCUT2D eigenvalue weighted by Crippen LogP contribution is 2.28. The van der Waals surface area contributed by atoms with E-state index in [0.29, 0.717) is 24.5 Å². The second-order valence-electron chi connectivity index (χ2n) is 11.3. The third-order valence-electron chi connectivity index (χ3n) is 7.90. The van der Waals surface area contributed by atoms with Crippen LogP contribution >= 0.6 is 27.7 Å². The number of anilines is 1. The van der Waals surface area contributed by atoms with Crippen molar-refractivity contribution in [3.8, 4) is 5.75 Å². The molecule has 2 atom stereocenters. The van der Waals surface area contributed by atoms with Crippen molar-refractivity contribution in [3.05, 3.63) is 119 Å². The van der Waals surface area contributed by atoms with Gasteiger partial charge in [-0.05, 0) is 98.3 Å². The molecule has 2 amide bonds. The number of rotatable bonds is 16. The summed E-state index contributed by atoms with van der Waals surface area (Å²) in [5, 5.41) is 3.06. The monoisotopic (exact) mass is 751 g/mol. The number of thioether (sulfide) groups is 1. The first-order chi connectivity index (χ1) is 23.0. The quantitative estimate of drug-likeness (QED) is 0.121. The Hall–Kier alpha value is -3.80. The Kier molecular flexibility index (Phi) is 13.5. The highest BCUT2D eigenvalue weighted by atomic mass is 79.9. The molecule has 254 valence electrons. The lowest BCUT2D eigenvalue weighted by Crippen LogP contribution is -2.54. The average molecular weight is 753 g/mol. The summed E-state index contributed by atoms with van der Waals surface area (Å²) in [6, 6.07) is 29.2. The van der Waals surface area contributed by atoms with Crippen molar-refractivity contribution in [1.82, 2.24) is 10.2 Å². The van der Waals surface area contributed by atoms with Gasteiger partial charge >= 0.3 is 0 Å². The SMILES string of the molecule is CCOc1ccc(N(CC(=O)N(Cc2ccc(Br)cc2)[C@@H](Cc2ccccc2)C(=O)N[C@H](C)CC)S(=O)(=O)c2ccc(SC)cc2)cc1. The van der Waals surface area contributed by atoms with Gasteiger partial charge in [0.25, 0.3) is 10.0 Å². The molecule has 4 aromatic rings. The van der Waals surface area contributed by atoms with Crippen LogP contribution in [0.25, 0.3) is 0 Å². The average Bonchev–Trinajstić information content (AvgIpc) is 3.10. The molecule has 4 rings (SSSR count). The molecule has 0 aromatic heterocycles. The van der Waals surface area contributed by atoms with Gasteiger partial charge in [0.05, 0.1) is 17.2 Å². The zero-order chi connectivity index (χ0) is 34.7. The minimum absolute atomic E-state index is 0.0526. The van der Waals surface area contributed by atoms with E-state index < -0.39 is 28.5 Å². The van der Waals surface area contributed by atoms with Crippen LogP contribution in [-0.4, -0.2) is 56.6 Å². The summed E-state index contributed by atoms with van der Waals surface area (Å²) in [6.45, 7) is 5.78. The van der Waals surface area contributed by atoms with Gasteiger partial charge in [-0.1, -0.05) is 65.3 Å². The first-order valence-corrected chi connectivity index (χ1v) is 19.3. The summed E-state index contributed by atoms with van der Waals surface area (Å²) < 4.78 is 36.2. The van der Waals surface area contributed by atoms with E-state index in [4.69, 9.17) is 4.74 Å². The van der Waals surface area contributed by atoms with Gasteiger partial charge in [-0.3, -0.25) is 13.9 Å². The zero-order valence-electron chi connectivity index (χ0n) is 27.6. The summed E-state index contributed by atoms with van der Waals surface area (Å²) in [6.07, 6.45) is 2.87. The van der Waals surface area contributed by atoms with Crippen LogP contribution in [-0.2, 0) is 32.6 Å². The second-order valence-corrected chi connectivity index (χ2v) is 14.9. The van der Waals surface area contributed by atoms with Crippen molar-refractivity contribution in [2.45, 2.75) is 62.0 Å². The molecule has 0 saturated carbocycles. The first kappa shape index (κ1) is 37.0. The Morgan fingerprint density at radius 1 is 0.875 bits per heavy atom.